The van der Waals surface area contributed by atoms with Gasteiger partial charge in [0.15, 0.2) is 11.0 Å². The first-order valence-corrected chi connectivity index (χ1v) is 11.7. The second kappa shape index (κ2) is 15.8. The van der Waals surface area contributed by atoms with E-state index in [1.54, 1.807) is 19.5 Å². The van der Waals surface area contributed by atoms with E-state index in [9.17, 15) is 9.47 Å². The smallest absolute Gasteiger partial charge is 0.151 e. The Morgan fingerprint density at radius 1 is 1.23 bits per heavy atom. The van der Waals surface area contributed by atoms with Gasteiger partial charge in [-0.1, -0.05) is 46.3 Å². The molecule has 30 heavy (non-hydrogen) atoms. The van der Waals surface area contributed by atoms with Crippen LogP contribution in [0, 0.1) is 23.2 Å². The fourth-order valence-electron chi connectivity index (χ4n) is 2.30. The van der Waals surface area contributed by atoms with Crippen molar-refractivity contribution < 1.29 is 8.95 Å². The van der Waals surface area contributed by atoms with Gasteiger partial charge in [0.1, 0.15) is 0 Å². The summed E-state index contributed by atoms with van der Waals surface area (Å²) in [6.07, 6.45) is 8.84. The molecule has 0 aromatic rings. The predicted molar refractivity (Wildman–Crippen MR) is 129 cm³/mol. The topological polar surface area (TPSA) is 74.5 Å². The van der Waals surface area contributed by atoms with Crippen LogP contribution in [-0.4, -0.2) is 30.7 Å². The van der Waals surface area contributed by atoms with Gasteiger partial charge in [-0.05, 0) is 55.7 Å². The van der Waals surface area contributed by atoms with Crippen LogP contribution in [0.15, 0.2) is 50.5 Å². The molecule has 0 aromatic carbocycles. The third kappa shape index (κ3) is 11.3. The normalized spacial score (nSPS) is 15.6. The first-order valence-electron chi connectivity index (χ1n) is 10.5. The molecule has 1 atom stereocenters. The summed E-state index contributed by atoms with van der Waals surface area (Å²) in [6, 6.07) is 2.26. The number of ether oxygens (including phenoxy) is 1. The van der Waals surface area contributed by atoms with E-state index < -0.39 is 11.0 Å². The highest BCUT2D eigenvalue weighted by molar-refractivity contribution is 7.88. The maximum absolute atomic E-state index is 12.8. The lowest BCUT2D eigenvalue weighted by Gasteiger charge is -2.12. The Balaban J connectivity index is 5.47. The van der Waals surface area contributed by atoms with Gasteiger partial charge < -0.3 is 9.46 Å². The Hall–Kier alpha value is -1.97. The second-order valence-corrected chi connectivity index (χ2v) is 9.08. The maximum atomic E-state index is 12.8. The summed E-state index contributed by atoms with van der Waals surface area (Å²) >= 11 is 0. The fraction of sp³-hybridized carbons (Fsp3) is 0.583. The van der Waals surface area contributed by atoms with E-state index in [2.05, 4.69) is 50.4 Å². The Labute approximate surface area is 186 Å². The van der Waals surface area contributed by atoms with Crippen molar-refractivity contribution in [1.82, 2.24) is 4.72 Å². The summed E-state index contributed by atoms with van der Waals surface area (Å²) in [4.78, 5) is 4.66. The number of allylic oxidation sites excluding steroid dienone is 6. The van der Waals surface area contributed by atoms with Crippen molar-refractivity contribution in [2.75, 3.05) is 20.3 Å². The van der Waals surface area contributed by atoms with E-state index in [0.29, 0.717) is 36.0 Å². The van der Waals surface area contributed by atoms with Gasteiger partial charge in [-0.3, -0.25) is 4.99 Å². The molecule has 0 aromatic heterocycles. The zero-order chi connectivity index (χ0) is 23.1. The standard InChI is InChI=1S/C24H39N3O2S/c1-9-12-29-17-21(7)24(16-26-8)30(28)27-15-23(19(4)5)11-10-22(14-25)13-20(6)18(2)3/h10,13,15-16,18-19,27H,9,11-12,17H2,1-8H3/b20-13+,22-10+,23-15-,24-21-,26-16?. The van der Waals surface area contributed by atoms with Crippen molar-refractivity contribution >= 4 is 17.2 Å². The van der Waals surface area contributed by atoms with Crippen molar-refractivity contribution in [3.8, 4) is 6.07 Å². The number of hydrogen-bond donors (Lipinski definition) is 1. The minimum absolute atomic E-state index is 0.252. The number of nitrogens with zero attached hydrogens (tertiary/aromatic N) is 2. The van der Waals surface area contributed by atoms with Crippen LogP contribution in [0.4, 0.5) is 0 Å². The Morgan fingerprint density at radius 2 is 1.90 bits per heavy atom. The van der Waals surface area contributed by atoms with Crippen LogP contribution in [0.3, 0.4) is 0 Å². The van der Waals surface area contributed by atoms with Gasteiger partial charge in [-0.2, -0.15) is 5.26 Å². The second-order valence-electron chi connectivity index (χ2n) is 7.86. The van der Waals surface area contributed by atoms with Crippen molar-refractivity contribution in [3.63, 3.8) is 0 Å². The lowest BCUT2D eigenvalue weighted by atomic mass is 9.98. The first kappa shape index (κ1) is 28.0. The van der Waals surface area contributed by atoms with Crippen molar-refractivity contribution in [2.24, 2.45) is 16.8 Å². The van der Waals surface area contributed by atoms with E-state index in [1.165, 1.54) is 5.57 Å². The third-order valence-electron chi connectivity index (χ3n) is 4.61. The Morgan fingerprint density at radius 3 is 2.40 bits per heavy atom. The van der Waals surface area contributed by atoms with Gasteiger partial charge in [-0.25, -0.2) is 4.21 Å². The molecular weight excluding hydrogens is 394 g/mol. The van der Waals surface area contributed by atoms with E-state index in [0.717, 1.165) is 17.6 Å². The van der Waals surface area contributed by atoms with Crippen LogP contribution in [0.1, 0.15) is 61.3 Å². The van der Waals surface area contributed by atoms with E-state index in [-0.39, 0.29) is 5.92 Å². The molecule has 0 amide bonds. The molecule has 0 rings (SSSR count). The minimum Gasteiger partial charge on any atom is -0.377 e. The summed E-state index contributed by atoms with van der Waals surface area (Å²) in [5.74, 6) is 0.656. The van der Waals surface area contributed by atoms with E-state index in [4.69, 9.17) is 4.74 Å². The molecule has 0 fully saturated rings. The number of hydrogen-bond acceptors (Lipinski definition) is 4. The molecule has 168 valence electrons. The highest BCUT2D eigenvalue weighted by Crippen LogP contribution is 2.18. The SMILES string of the molecule is CCCOC/C(C)=C(/C=NC)S(=O)N/C=C(/C/C=C(C#N)\C=C(/C)C(C)C)C(C)C. The number of aliphatic imine (C=N–C) groups is 1. The monoisotopic (exact) mass is 433 g/mol. The highest BCUT2D eigenvalue weighted by Gasteiger charge is 2.10. The summed E-state index contributed by atoms with van der Waals surface area (Å²) in [7, 11) is 0.225. The molecule has 5 nitrogen and oxygen atoms in total. The van der Waals surface area contributed by atoms with E-state index >= 15 is 0 Å². The zero-order valence-electron chi connectivity index (χ0n) is 19.9. The van der Waals surface area contributed by atoms with Gasteiger partial charge >= 0.3 is 0 Å². The van der Waals surface area contributed by atoms with Gasteiger partial charge in [0.2, 0.25) is 0 Å². The molecule has 0 aliphatic heterocycles. The average molecular weight is 434 g/mol. The van der Waals surface area contributed by atoms with Crippen LogP contribution >= 0.6 is 0 Å². The van der Waals surface area contributed by atoms with Crippen LogP contribution < -0.4 is 4.72 Å². The van der Waals surface area contributed by atoms with Crippen LogP contribution in [0.25, 0.3) is 0 Å². The van der Waals surface area contributed by atoms with Gasteiger partial charge in [0.05, 0.1) is 17.6 Å². The number of nitriles is 1. The van der Waals surface area contributed by atoms with Crippen LogP contribution in [0.2, 0.25) is 0 Å². The number of rotatable bonds is 13. The molecule has 0 heterocycles. The molecule has 1 N–H and O–H groups in total. The van der Waals surface area contributed by atoms with Crippen molar-refractivity contribution in [3.05, 3.63) is 45.5 Å². The zero-order valence-corrected chi connectivity index (χ0v) is 20.7. The van der Waals surface area contributed by atoms with Gasteiger partial charge in [0.25, 0.3) is 0 Å². The lowest BCUT2D eigenvalue weighted by Crippen LogP contribution is -2.17. The average Bonchev–Trinajstić information content (AvgIpc) is 2.70. The molecule has 0 saturated carbocycles. The lowest BCUT2D eigenvalue weighted by molar-refractivity contribution is 0.157. The van der Waals surface area contributed by atoms with Gasteiger partial charge in [0, 0.05) is 31.6 Å². The molecule has 0 radical (unpaired) electrons. The molecule has 0 saturated heterocycles. The van der Waals surface area contributed by atoms with Crippen LogP contribution in [0.5, 0.6) is 0 Å². The van der Waals surface area contributed by atoms with E-state index in [1.807, 2.05) is 26.0 Å². The summed E-state index contributed by atoms with van der Waals surface area (Å²) in [5, 5.41) is 9.43. The molecule has 0 aliphatic rings. The quantitative estimate of drug-likeness (QED) is 0.177. The predicted octanol–water partition coefficient (Wildman–Crippen LogP) is 5.62. The molecule has 1 unspecified atom stereocenters. The molecular formula is C24H39N3O2S. The third-order valence-corrected chi connectivity index (χ3v) is 5.79. The summed E-state index contributed by atoms with van der Waals surface area (Å²) in [5.41, 5.74) is 3.78. The fourth-order valence-corrected chi connectivity index (χ4v) is 3.27. The van der Waals surface area contributed by atoms with Crippen molar-refractivity contribution in [2.45, 2.75) is 61.3 Å². The Bertz CT molecular complexity index is 751. The Kier molecular flexibility index (Phi) is 14.8. The molecule has 0 aliphatic carbocycles. The van der Waals surface area contributed by atoms with Crippen molar-refractivity contribution in [1.29, 1.82) is 5.26 Å². The maximum Gasteiger partial charge on any atom is 0.151 e. The molecule has 0 bridgehead atoms. The summed E-state index contributed by atoms with van der Waals surface area (Å²) in [6.45, 7) is 15.5. The number of nitrogens with one attached hydrogen (secondary N) is 1. The minimum atomic E-state index is -1.44. The largest absolute Gasteiger partial charge is 0.377 e. The summed E-state index contributed by atoms with van der Waals surface area (Å²) < 4.78 is 21.4. The molecule has 0 spiro atoms. The van der Waals surface area contributed by atoms with Gasteiger partial charge in [-0.15, -0.1) is 0 Å². The molecule has 6 heteroatoms. The first-order chi connectivity index (χ1) is 14.2. The highest BCUT2D eigenvalue weighted by atomic mass is 32.2. The van der Waals surface area contributed by atoms with Crippen LogP contribution in [-0.2, 0) is 15.7 Å².